The van der Waals surface area contributed by atoms with Crippen molar-refractivity contribution < 1.29 is 34.2 Å². The second-order valence-electron chi connectivity index (χ2n) is 8.45. The van der Waals surface area contributed by atoms with Crippen molar-refractivity contribution in [1.82, 2.24) is 16.0 Å². The van der Waals surface area contributed by atoms with E-state index in [4.69, 9.17) is 22.3 Å². The summed E-state index contributed by atoms with van der Waals surface area (Å²) in [5.41, 5.74) is 16.5. The second-order valence-corrected chi connectivity index (χ2v) is 9.44. The second kappa shape index (κ2) is 17.4. The molecular formula is C21H39N7O7S. The third-order valence-corrected chi connectivity index (χ3v) is 5.75. The predicted molar refractivity (Wildman–Crippen MR) is 136 cm³/mol. The van der Waals surface area contributed by atoms with Gasteiger partial charge in [-0.1, -0.05) is 13.8 Å². The summed E-state index contributed by atoms with van der Waals surface area (Å²) in [7, 11) is 0. The summed E-state index contributed by atoms with van der Waals surface area (Å²) in [5.74, 6) is -4.43. The maximum absolute atomic E-state index is 13.1. The Labute approximate surface area is 214 Å². The van der Waals surface area contributed by atoms with E-state index in [2.05, 4.69) is 20.9 Å². The number of hydrogen-bond acceptors (Lipinski definition) is 8. The topological polar surface area (TPSA) is 252 Å². The van der Waals surface area contributed by atoms with Crippen LogP contribution in [0.3, 0.4) is 0 Å². The molecule has 0 saturated carbocycles. The highest BCUT2D eigenvalue weighted by Gasteiger charge is 2.30. The Hall–Kier alpha value is -3.07. The molecule has 0 aromatic rings. The van der Waals surface area contributed by atoms with Crippen LogP contribution >= 0.6 is 11.8 Å². The van der Waals surface area contributed by atoms with Crippen LogP contribution in [-0.4, -0.2) is 88.6 Å². The number of carboxylic acids is 2. The van der Waals surface area contributed by atoms with Crippen molar-refractivity contribution in [2.24, 2.45) is 28.1 Å². The smallest absolute Gasteiger partial charge is 0.326 e. The van der Waals surface area contributed by atoms with Crippen LogP contribution in [0.15, 0.2) is 4.99 Å². The molecule has 0 bridgehead atoms. The summed E-state index contributed by atoms with van der Waals surface area (Å²) in [6.07, 6.45) is 1.67. The molecule has 0 aliphatic heterocycles. The number of rotatable bonds is 18. The number of hydrogen-bond donors (Lipinski definition) is 8. The first kappa shape index (κ1) is 32.9. The molecule has 0 aromatic carbocycles. The van der Waals surface area contributed by atoms with Gasteiger partial charge in [0.05, 0.1) is 6.04 Å². The summed E-state index contributed by atoms with van der Waals surface area (Å²) in [4.78, 5) is 64.5. The third kappa shape index (κ3) is 13.7. The number of guanidine groups is 1. The van der Waals surface area contributed by atoms with Crippen molar-refractivity contribution in [3.8, 4) is 0 Å². The van der Waals surface area contributed by atoms with Crippen LogP contribution in [0.4, 0.5) is 0 Å². The molecule has 15 heteroatoms. The number of carbonyl (C=O) groups is 5. The van der Waals surface area contributed by atoms with Gasteiger partial charge in [-0.25, -0.2) is 4.79 Å². The molecule has 0 saturated heterocycles. The van der Waals surface area contributed by atoms with Crippen LogP contribution in [0.25, 0.3) is 0 Å². The first-order valence-electron chi connectivity index (χ1n) is 11.5. The lowest BCUT2D eigenvalue weighted by atomic mass is 10.0. The number of nitrogens with two attached hydrogens (primary N) is 3. The van der Waals surface area contributed by atoms with E-state index in [-0.39, 0.29) is 37.7 Å². The van der Waals surface area contributed by atoms with Crippen LogP contribution in [0, 0.1) is 5.92 Å². The lowest BCUT2D eigenvalue weighted by molar-refractivity contribution is -0.143. The molecule has 0 aliphatic rings. The normalized spacial score (nSPS) is 14.1. The third-order valence-electron chi connectivity index (χ3n) is 5.10. The van der Waals surface area contributed by atoms with Gasteiger partial charge in [-0.05, 0) is 43.6 Å². The van der Waals surface area contributed by atoms with Crippen LogP contribution in [0.1, 0.15) is 46.0 Å². The quantitative estimate of drug-likeness (QED) is 0.0553. The maximum atomic E-state index is 13.1. The summed E-state index contributed by atoms with van der Waals surface area (Å²) in [5, 5.41) is 25.6. The minimum absolute atomic E-state index is 0.119. The van der Waals surface area contributed by atoms with Gasteiger partial charge in [-0.15, -0.1) is 0 Å². The van der Waals surface area contributed by atoms with Gasteiger partial charge < -0.3 is 43.4 Å². The van der Waals surface area contributed by atoms with Gasteiger partial charge in [0.25, 0.3) is 0 Å². The summed E-state index contributed by atoms with van der Waals surface area (Å²) >= 11 is 1.41. The van der Waals surface area contributed by atoms with Crippen molar-refractivity contribution >= 4 is 47.4 Å². The summed E-state index contributed by atoms with van der Waals surface area (Å²) in [6, 6.07) is -4.48. The van der Waals surface area contributed by atoms with Gasteiger partial charge in [0.1, 0.15) is 18.1 Å². The van der Waals surface area contributed by atoms with E-state index >= 15 is 0 Å². The number of amides is 3. The molecule has 0 spiro atoms. The number of carboxylic acid groups (broad SMARTS) is 2. The van der Waals surface area contributed by atoms with E-state index in [1.807, 2.05) is 0 Å². The number of nitrogens with one attached hydrogen (secondary N) is 3. The molecule has 0 heterocycles. The minimum Gasteiger partial charge on any atom is -0.481 e. The van der Waals surface area contributed by atoms with E-state index in [9.17, 15) is 29.1 Å². The Balaban J connectivity index is 5.57. The summed E-state index contributed by atoms with van der Waals surface area (Å²) in [6.45, 7) is 3.71. The van der Waals surface area contributed by atoms with Crippen molar-refractivity contribution in [1.29, 1.82) is 0 Å². The van der Waals surface area contributed by atoms with Crippen molar-refractivity contribution in [3.05, 3.63) is 0 Å². The lowest BCUT2D eigenvalue weighted by Crippen LogP contribution is -2.57. The fraction of sp³-hybridized carbons (Fsp3) is 0.714. The SMILES string of the molecule is CSCCC(NC(=O)C(CCCN=C(N)N)NC(=O)C(N)C(C)C)C(=O)NC(CCC(=O)O)C(=O)O. The van der Waals surface area contributed by atoms with Gasteiger partial charge in [0.15, 0.2) is 5.96 Å². The molecular weight excluding hydrogens is 494 g/mol. The molecule has 206 valence electrons. The van der Waals surface area contributed by atoms with Gasteiger partial charge in [-0.3, -0.25) is 24.2 Å². The fourth-order valence-corrected chi connectivity index (χ4v) is 3.39. The van der Waals surface area contributed by atoms with Crippen LogP contribution in [0.2, 0.25) is 0 Å². The zero-order valence-corrected chi connectivity index (χ0v) is 21.7. The number of nitrogens with zero attached hydrogens (tertiary/aromatic N) is 1. The van der Waals surface area contributed by atoms with Gasteiger partial charge >= 0.3 is 11.9 Å². The van der Waals surface area contributed by atoms with Crippen molar-refractivity contribution in [2.75, 3.05) is 18.6 Å². The largest absolute Gasteiger partial charge is 0.481 e. The highest BCUT2D eigenvalue weighted by atomic mass is 32.2. The minimum atomic E-state index is -1.44. The standard InChI is InChI=1S/C21H39N7O7S/c1-11(2)16(22)19(33)27-12(5-4-9-25-21(23)24)17(31)26-13(8-10-36-3)18(32)28-14(20(34)35)6-7-15(29)30/h11-14,16H,4-10,22H2,1-3H3,(H,26,31)(H,27,33)(H,28,32)(H,29,30)(H,34,35)(H4,23,24,25). The number of thioether (sulfide) groups is 1. The Kier molecular flexibility index (Phi) is 15.9. The van der Waals surface area contributed by atoms with Crippen molar-refractivity contribution in [2.45, 2.75) is 70.1 Å². The molecule has 0 fully saturated rings. The average Bonchev–Trinajstić information content (AvgIpc) is 2.79. The van der Waals surface area contributed by atoms with Crippen LogP contribution in [0.5, 0.6) is 0 Å². The first-order chi connectivity index (χ1) is 16.8. The molecule has 3 amide bonds. The maximum Gasteiger partial charge on any atom is 0.326 e. The van der Waals surface area contributed by atoms with Gasteiger partial charge in [-0.2, -0.15) is 11.8 Å². The van der Waals surface area contributed by atoms with E-state index < -0.39 is 60.2 Å². The molecule has 0 rings (SSSR count). The van der Waals surface area contributed by atoms with E-state index in [0.717, 1.165) is 0 Å². The van der Waals surface area contributed by atoms with E-state index in [1.165, 1.54) is 11.8 Å². The molecule has 14 nitrogen and oxygen atoms in total. The van der Waals surface area contributed by atoms with Gasteiger partial charge in [0, 0.05) is 13.0 Å². The van der Waals surface area contributed by atoms with Crippen LogP contribution in [-0.2, 0) is 24.0 Å². The highest BCUT2D eigenvalue weighted by Crippen LogP contribution is 2.07. The first-order valence-corrected chi connectivity index (χ1v) is 12.8. The number of carbonyl (C=O) groups excluding carboxylic acids is 3. The lowest BCUT2D eigenvalue weighted by Gasteiger charge is -2.25. The molecule has 0 aliphatic carbocycles. The molecule has 0 radical (unpaired) electrons. The molecule has 11 N–H and O–H groups in total. The Morgan fingerprint density at radius 2 is 1.39 bits per heavy atom. The zero-order chi connectivity index (χ0) is 27.8. The van der Waals surface area contributed by atoms with Gasteiger partial charge in [0.2, 0.25) is 17.7 Å². The predicted octanol–water partition coefficient (Wildman–Crippen LogP) is -1.82. The molecule has 4 atom stereocenters. The number of aliphatic imine (C=N–C) groups is 1. The molecule has 0 aromatic heterocycles. The highest BCUT2D eigenvalue weighted by molar-refractivity contribution is 7.98. The Morgan fingerprint density at radius 3 is 1.86 bits per heavy atom. The monoisotopic (exact) mass is 533 g/mol. The fourth-order valence-electron chi connectivity index (χ4n) is 2.92. The Morgan fingerprint density at radius 1 is 0.861 bits per heavy atom. The van der Waals surface area contributed by atoms with Crippen molar-refractivity contribution in [3.63, 3.8) is 0 Å². The number of aliphatic carboxylic acids is 2. The summed E-state index contributed by atoms with van der Waals surface area (Å²) < 4.78 is 0. The zero-order valence-electron chi connectivity index (χ0n) is 20.9. The van der Waals surface area contributed by atoms with Crippen LogP contribution < -0.4 is 33.2 Å². The van der Waals surface area contributed by atoms with E-state index in [1.54, 1.807) is 20.1 Å². The molecule has 36 heavy (non-hydrogen) atoms. The average molecular weight is 534 g/mol. The van der Waals surface area contributed by atoms with E-state index in [0.29, 0.717) is 12.2 Å². The molecule has 4 unspecified atom stereocenters. The Bertz CT molecular complexity index is 791.